The summed E-state index contributed by atoms with van der Waals surface area (Å²) in [5.74, 6) is 0.535. The van der Waals surface area contributed by atoms with Gasteiger partial charge in [-0.3, -0.25) is 9.59 Å². The predicted octanol–water partition coefficient (Wildman–Crippen LogP) is 2.50. The van der Waals surface area contributed by atoms with E-state index in [1.165, 1.54) is 13.8 Å². The van der Waals surface area contributed by atoms with Crippen molar-refractivity contribution >= 4 is 11.9 Å². The number of carbonyl (C=O) groups is 2. The molecular weight excluding hydrogens is 256 g/mol. The summed E-state index contributed by atoms with van der Waals surface area (Å²) >= 11 is 0. The van der Waals surface area contributed by atoms with Gasteiger partial charge in [0.25, 0.3) is 0 Å². The van der Waals surface area contributed by atoms with Crippen LogP contribution in [0, 0.1) is 23.7 Å². The Morgan fingerprint density at radius 2 is 2.10 bits per heavy atom. The zero-order chi connectivity index (χ0) is 14.7. The highest BCUT2D eigenvalue weighted by Gasteiger charge is 2.47. The van der Waals surface area contributed by atoms with E-state index in [9.17, 15) is 9.59 Å². The third kappa shape index (κ3) is 3.11. The van der Waals surface area contributed by atoms with Crippen molar-refractivity contribution in [2.24, 2.45) is 23.7 Å². The van der Waals surface area contributed by atoms with E-state index >= 15 is 0 Å². The molecule has 0 bridgehead atoms. The van der Waals surface area contributed by atoms with Crippen molar-refractivity contribution < 1.29 is 19.1 Å². The maximum absolute atomic E-state index is 11.3. The van der Waals surface area contributed by atoms with Gasteiger partial charge in [0, 0.05) is 32.1 Å². The van der Waals surface area contributed by atoms with Crippen LogP contribution in [0.5, 0.6) is 0 Å². The standard InChI is InChI=1S/C16H22O4/c1-4-12-8-13-6-5-7-15(20-11(3)18)16(13)14(12)9-19-10(2)17/h4-6,12-16H,1,7-9H2,2-3H3/t12-,13+,14-,15?,16+/m0/s1. The minimum absolute atomic E-state index is 0.118. The molecule has 0 N–H and O–H groups in total. The molecule has 0 radical (unpaired) electrons. The third-order valence-corrected chi connectivity index (χ3v) is 4.36. The lowest BCUT2D eigenvalue weighted by Crippen LogP contribution is -2.36. The van der Waals surface area contributed by atoms with Crippen molar-refractivity contribution in [1.82, 2.24) is 0 Å². The highest BCUT2D eigenvalue weighted by molar-refractivity contribution is 5.66. The van der Waals surface area contributed by atoms with Crippen LogP contribution < -0.4 is 0 Å². The van der Waals surface area contributed by atoms with Crippen molar-refractivity contribution in [1.29, 1.82) is 0 Å². The zero-order valence-electron chi connectivity index (χ0n) is 12.1. The van der Waals surface area contributed by atoms with Crippen LogP contribution >= 0.6 is 0 Å². The third-order valence-electron chi connectivity index (χ3n) is 4.36. The molecule has 1 saturated carbocycles. The van der Waals surface area contributed by atoms with Gasteiger partial charge in [0.15, 0.2) is 0 Å². The van der Waals surface area contributed by atoms with E-state index in [0.717, 1.165) is 12.8 Å². The Bertz CT molecular complexity index is 426. The molecule has 2 rings (SSSR count). The smallest absolute Gasteiger partial charge is 0.302 e. The molecule has 0 aromatic carbocycles. The van der Waals surface area contributed by atoms with E-state index in [1.807, 2.05) is 6.08 Å². The molecular formula is C16H22O4. The monoisotopic (exact) mass is 278 g/mol. The Labute approximate surface area is 119 Å². The topological polar surface area (TPSA) is 52.6 Å². The second kappa shape index (κ2) is 6.25. The molecule has 5 atom stereocenters. The molecule has 0 aromatic heterocycles. The van der Waals surface area contributed by atoms with E-state index in [2.05, 4.69) is 18.7 Å². The summed E-state index contributed by atoms with van der Waals surface area (Å²) in [6.07, 6.45) is 7.83. The number of carbonyl (C=O) groups excluding carboxylic acids is 2. The van der Waals surface area contributed by atoms with Crippen LogP contribution in [0.3, 0.4) is 0 Å². The van der Waals surface area contributed by atoms with E-state index in [1.54, 1.807) is 0 Å². The molecule has 0 heterocycles. The summed E-state index contributed by atoms with van der Waals surface area (Å²) < 4.78 is 10.7. The van der Waals surface area contributed by atoms with Gasteiger partial charge in [0.1, 0.15) is 6.10 Å². The summed E-state index contributed by atoms with van der Waals surface area (Å²) in [5.41, 5.74) is 0. The molecule has 1 fully saturated rings. The summed E-state index contributed by atoms with van der Waals surface area (Å²) in [7, 11) is 0. The average molecular weight is 278 g/mol. The van der Waals surface area contributed by atoms with E-state index in [4.69, 9.17) is 9.47 Å². The molecule has 1 unspecified atom stereocenters. The van der Waals surface area contributed by atoms with Crippen molar-refractivity contribution in [2.45, 2.75) is 32.8 Å². The van der Waals surface area contributed by atoms with Crippen molar-refractivity contribution in [3.05, 3.63) is 24.8 Å². The number of ether oxygens (including phenoxy) is 2. The van der Waals surface area contributed by atoms with Crippen LogP contribution in [0.15, 0.2) is 24.8 Å². The van der Waals surface area contributed by atoms with Gasteiger partial charge in [0.05, 0.1) is 6.61 Å². The SMILES string of the molecule is C=C[C@H]1C[C@H]2C=CCC(OC(C)=O)[C@H]2[C@H]1COC(C)=O. The Morgan fingerprint density at radius 3 is 2.70 bits per heavy atom. The number of fused-ring (bicyclic) bond motifs is 1. The lowest BCUT2D eigenvalue weighted by molar-refractivity contribution is -0.153. The summed E-state index contributed by atoms with van der Waals surface area (Å²) in [5, 5.41) is 0. The second-order valence-corrected chi connectivity index (χ2v) is 5.65. The second-order valence-electron chi connectivity index (χ2n) is 5.65. The Balaban J connectivity index is 2.16. The first-order valence-corrected chi connectivity index (χ1v) is 7.12. The first kappa shape index (κ1) is 14.8. The molecule has 0 amide bonds. The van der Waals surface area contributed by atoms with Gasteiger partial charge < -0.3 is 9.47 Å². The molecule has 0 aromatic rings. The van der Waals surface area contributed by atoms with Crippen molar-refractivity contribution in [2.75, 3.05) is 6.61 Å². The van der Waals surface area contributed by atoms with E-state index < -0.39 is 0 Å². The first-order valence-electron chi connectivity index (χ1n) is 7.12. The van der Waals surface area contributed by atoms with Gasteiger partial charge in [-0.05, 0) is 18.3 Å². The van der Waals surface area contributed by atoms with Crippen LogP contribution in [0.4, 0.5) is 0 Å². The van der Waals surface area contributed by atoms with Gasteiger partial charge in [-0.25, -0.2) is 0 Å². The van der Waals surface area contributed by atoms with Crippen LogP contribution in [0.1, 0.15) is 26.7 Å². The zero-order valence-corrected chi connectivity index (χ0v) is 12.1. The molecule has 2 aliphatic carbocycles. The van der Waals surface area contributed by atoms with Crippen molar-refractivity contribution in [3.63, 3.8) is 0 Å². The fourth-order valence-electron chi connectivity index (χ4n) is 3.61. The van der Waals surface area contributed by atoms with Crippen LogP contribution in [0.2, 0.25) is 0 Å². The number of hydrogen-bond acceptors (Lipinski definition) is 4. The Hall–Kier alpha value is -1.58. The Kier molecular flexibility index (Phi) is 4.63. The van der Waals surface area contributed by atoms with Crippen molar-refractivity contribution in [3.8, 4) is 0 Å². The van der Waals surface area contributed by atoms with Gasteiger partial charge in [0.2, 0.25) is 0 Å². The quantitative estimate of drug-likeness (QED) is 0.585. The minimum Gasteiger partial charge on any atom is -0.466 e. The fraction of sp³-hybridized carbons (Fsp3) is 0.625. The van der Waals surface area contributed by atoms with Gasteiger partial charge in [-0.15, -0.1) is 6.58 Å². The van der Waals surface area contributed by atoms with Crippen LogP contribution in [-0.2, 0) is 19.1 Å². The molecule has 0 spiro atoms. The predicted molar refractivity (Wildman–Crippen MR) is 74.7 cm³/mol. The van der Waals surface area contributed by atoms with E-state index in [0.29, 0.717) is 18.4 Å². The fourth-order valence-corrected chi connectivity index (χ4v) is 3.61. The largest absolute Gasteiger partial charge is 0.466 e. The lowest BCUT2D eigenvalue weighted by Gasteiger charge is -2.33. The number of allylic oxidation sites excluding steroid dienone is 2. The van der Waals surface area contributed by atoms with Crippen LogP contribution in [0.25, 0.3) is 0 Å². The summed E-state index contributed by atoms with van der Waals surface area (Å²) in [6, 6.07) is 0. The Morgan fingerprint density at radius 1 is 1.35 bits per heavy atom. The molecule has 110 valence electrons. The van der Waals surface area contributed by atoms with Gasteiger partial charge in [-0.2, -0.15) is 0 Å². The first-order chi connectivity index (χ1) is 9.52. The summed E-state index contributed by atoms with van der Waals surface area (Å²) in [4.78, 5) is 22.3. The van der Waals surface area contributed by atoms with Crippen LogP contribution in [-0.4, -0.2) is 24.6 Å². The average Bonchev–Trinajstić information content (AvgIpc) is 2.74. The van der Waals surface area contributed by atoms with Gasteiger partial charge in [-0.1, -0.05) is 18.2 Å². The molecule has 4 heteroatoms. The molecule has 4 nitrogen and oxygen atoms in total. The minimum atomic E-state index is -0.272. The normalized spacial score (nSPS) is 35.2. The molecule has 20 heavy (non-hydrogen) atoms. The summed E-state index contributed by atoms with van der Waals surface area (Å²) in [6.45, 7) is 7.12. The van der Waals surface area contributed by atoms with E-state index in [-0.39, 0.29) is 29.9 Å². The highest BCUT2D eigenvalue weighted by Crippen LogP contribution is 2.48. The number of esters is 2. The molecule has 0 aliphatic heterocycles. The van der Waals surface area contributed by atoms with Gasteiger partial charge >= 0.3 is 11.9 Å². The highest BCUT2D eigenvalue weighted by atomic mass is 16.5. The molecule has 2 aliphatic rings. The number of hydrogen-bond donors (Lipinski definition) is 0. The molecule has 0 saturated heterocycles. The maximum Gasteiger partial charge on any atom is 0.302 e. The number of rotatable bonds is 4. The maximum atomic E-state index is 11.3. The lowest BCUT2D eigenvalue weighted by atomic mass is 9.79.